The second-order valence-corrected chi connectivity index (χ2v) is 7.55. The highest BCUT2D eigenvalue weighted by Gasteiger charge is 2.15. The molecule has 0 heterocycles. The molecule has 0 aliphatic carbocycles. The monoisotopic (exact) mass is 292 g/mol. The quantitative estimate of drug-likeness (QED) is 0.852. The van der Waals surface area contributed by atoms with Crippen LogP contribution in [0.3, 0.4) is 0 Å². The van der Waals surface area contributed by atoms with Gasteiger partial charge in [0.1, 0.15) is 0 Å². The van der Waals surface area contributed by atoms with Crippen molar-refractivity contribution in [3.05, 3.63) is 23.3 Å². The van der Waals surface area contributed by atoms with E-state index in [1.54, 1.807) is 13.8 Å². The molecule has 0 unspecified atom stereocenters. The molecule has 6 nitrogen and oxygen atoms in total. The number of hydrogen-bond acceptors (Lipinski definition) is 4. The van der Waals surface area contributed by atoms with Crippen molar-refractivity contribution >= 4 is 25.7 Å². The maximum atomic E-state index is 11.5. The van der Waals surface area contributed by atoms with Crippen molar-refractivity contribution in [2.75, 3.05) is 10.5 Å². The standard InChI is InChI=1S/C10H16N2O4S2/c1-4-17(13,14)12-10-7(2)5-9(6-8(10)3)18(11,15)16/h5-6,12H,4H2,1-3H3,(H2,11,15,16). The molecule has 3 N–H and O–H groups in total. The zero-order chi connectivity index (χ0) is 14.1. The Kier molecular flexibility index (Phi) is 4.04. The summed E-state index contributed by atoms with van der Waals surface area (Å²) in [7, 11) is -7.19. The van der Waals surface area contributed by atoms with Crippen LogP contribution in [-0.2, 0) is 20.0 Å². The lowest BCUT2D eigenvalue weighted by Gasteiger charge is -2.13. The SMILES string of the molecule is CCS(=O)(=O)Nc1c(C)cc(S(N)(=O)=O)cc1C. The Morgan fingerprint density at radius 3 is 1.89 bits per heavy atom. The van der Waals surface area contributed by atoms with Gasteiger partial charge in [0.05, 0.1) is 16.3 Å². The predicted octanol–water partition coefficient (Wildman–Crippen LogP) is 0.712. The minimum Gasteiger partial charge on any atom is -0.283 e. The highest BCUT2D eigenvalue weighted by molar-refractivity contribution is 7.92. The number of anilines is 1. The lowest BCUT2D eigenvalue weighted by molar-refractivity contribution is 0.597. The summed E-state index contributed by atoms with van der Waals surface area (Å²) in [6.45, 7) is 4.76. The van der Waals surface area contributed by atoms with E-state index >= 15 is 0 Å². The fraction of sp³-hybridized carbons (Fsp3) is 0.400. The number of rotatable bonds is 4. The van der Waals surface area contributed by atoms with E-state index in [1.165, 1.54) is 19.1 Å². The fourth-order valence-corrected chi connectivity index (χ4v) is 2.94. The molecule has 1 aromatic rings. The molecular weight excluding hydrogens is 276 g/mol. The molecule has 1 rings (SSSR count). The summed E-state index contributed by atoms with van der Waals surface area (Å²) >= 11 is 0. The smallest absolute Gasteiger partial charge is 0.238 e. The van der Waals surface area contributed by atoms with Crippen LogP contribution in [0.5, 0.6) is 0 Å². The fourth-order valence-electron chi connectivity index (χ4n) is 1.48. The molecule has 0 aromatic heterocycles. The van der Waals surface area contributed by atoms with Gasteiger partial charge in [-0.15, -0.1) is 0 Å². The van der Waals surface area contributed by atoms with Gasteiger partial charge in [-0.3, -0.25) is 4.72 Å². The first-order valence-corrected chi connectivity index (χ1v) is 8.41. The van der Waals surface area contributed by atoms with Crippen molar-refractivity contribution in [3.8, 4) is 0 Å². The minimum absolute atomic E-state index is 0.0306. The van der Waals surface area contributed by atoms with E-state index in [4.69, 9.17) is 5.14 Å². The minimum atomic E-state index is -3.79. The van der Waals surface area contributed by atoms with E-state index in [1.807, 2.05) is 0 Å². The summed E-state index contributed by atoms with van der Waals surface area (Å²) < 4.78 is 47.9. The van der Waals surface area contributed by atoms with E-state index < -0.39 is 20.0 Å². The second-order valence-electron chi connectivity index (χ2n) is 3.98. The molecule has 18 heavy (non-hydrogen) atoms. The topological polar surface area (TPSA) is 106 Å². The van der Waals surface area contributed by atoms with Gasteiger partial charge in [0.2, 0.25) is 20.0 Å². The first kappa shape index (κ1) is 14.9. The van der Waals surface area contributed by atoms with Crippen LogP contribution in [0.25, 0.3) is 0 Å². The summed E-state index contributed by atoms with van der Waals surface area (Å²) in [6.07, 6.45) is 0. The Bertz CT molecular complexity index is 640. The van der Waals surface area contributed by atoms with Crippen molar-refractivity contribution in [3.63, 3.8) is 0 Å². The Hall–Kier alpha value is -1.12. The zero-order valence-electron chi connectivity index (χ0n) is 10.4. The van der Waals surface area contributed by atoms with Crippen molar-refractivity contribution in [2.45, 2.75) is 25.7 Å². The van der Waals surface area contributed by atoms with Gasteiger partial charge in [0.15, 0.2) is 0 Å². The maximum absolute atomic E-state index is 11.5. The van der Waals surface area contributed by atoms with E-state index in [2.05, 4.69) is 4.72 Å². The van der Waals surface area contributed by atoms with Crippen LogP contribution in [0.15, 0.2) is 17.0 Å². The Morgan fingerprint density at radius 2 is 1.56 bits per heavy atom. The van der Waals surface area contributed by atoms with Crippen LogP contribution in [0.4, 0.5) is 5.69 Å². The van der Waals surface area contributed by atoms with Gasteiger partial charge in [-0.05, 0) is 44.0 Å². The van der Waals surface area contributed by atoms with Crippen molar-refractivity contribution in [1.82, 2.24) is 0 Å². The zero-order valence-corrected chi connectivity index (χ0v) is 12.0. The third-order valence-electron chi connectivity index (χ3n) is 2.47. The first-order valence-electron chi connectivity index (χ1n) is 5.21. The molecule has 0 bridgehead atoms. The van der Waals surface area contributed by atoms with Crippen molar-refractivity contribution in [2.24, 2.45) is 5.14 Å². The molecule has 0 aliphatic rings. The lowest BCUT2D eigenvalue weighted by atomic mass is 10.1. The van der Waals surface area contributed by atoms with Gasteiger partial charge in [-0.25, -0.2) is 22.0 Å². The molecule has 0 saturated heterocycles. The van der Waals surface area contributed by atoms with Gasteiger partial charge in [0, 0.05) is 0 Å². The highest BCUT2D eigenvalue weighted by Crippen LogP contribution is 2.25. The highest BCUT2D eigenvalue weighted by atomic mass is 32.2. The number of aryl methyl sites for hydroxylation is 2. The summed E-state index contributed by atoms with van der Waals surface area (Å²) in [5.41, 5.74) is 1.41. The molecule has 0 atom stereocenters. The molecule has 0 radical (unpaired) electrons. The first-order chi connectivity index (χ1) is 8.07. The average molecular weight is 292 g/mol. The van der Waals surface area contributed by atoms with Gasteiger partial charge in [-0.2, -0.15) is 0 Å². The van der Waals surface area contributed by atoms with Crippen LogP contribution in [0.2, 0.25) is 0 Å². The number of primary sulfonamides is 1. The van der Waals surface area contributed by atoms with Gasteiger partial charge in [0.25, 0.3) is 0 Å². The number of benzene rings is 1. The molecule has 0 saturated carbocycles. The molecule has 0 fully saturated rings. The normalized spacial score (nSPS) is 12.4. The summed E-state index contributed by atoms with van der Waals surface area (Å²) in [6, 6.07) is 2.69. The number of nitrogens with one attached hydrogen (secondary N) is 1. The van der Waals surface area contributed by atoms with Crippen LogP contribution in [0, 0.1) is 13.8 Å². The molecule has 102 valence electrons. The van der Waals surface area contributed by atoms with E-state index in [-0.39, 0.29) is 10.6 Å². The van der Waals surface area contributed by atoms with Crippen LogP contribution >= 0.6 is 0 Å². The van der Waals surface area contributed by atoms with Gasteiger partial charge >= 0.3 is 0 Å². The van der Waals surface area contributed by atoms with Gasteiger partial charge < -0.3 is 0 Å². The summed E-state index contributed by atoms with van der Waals surface area (Å²) in [4.78, 5) is -0.0306. The molecule has 0 amide bonds. The molecule has 0 aliphatic heterocycles. The second kappa shape index (κ2) is 4.87. The third-order valence-corrected chi connectivity index (χ3v) is 4.64. The van der Waals surface area contributed by atoms with E-state index in [9.17, 15) is 16.8 Å². The summed E-state index contributed by atoms with van der Waals surface area (Å²) in [5.74, 6) is -0.0528. The maximum Gasteiger partial charge on any atom is 0.238 e. The Balaban J connectivity index is 3.35. The van der Waals surface area contributed by atoms with E-state index in [0.717, 1.165) is 0 Å². The number of sulfonamides is 2. The van der Waals surface area contributed by atoms with Gasteiger partial charge in [-0.1, -0.05) is 0 Å². The average Bonchev–Trinajstić information content (AvgIpc) is 2.22. The third kappa shape index (κ3) is 3.44. The van der Waals surface area contributed by atoms with E-state index in [0.29, 0.717) is 16.8 Å². The van der Waals surface area contributed by atoms with Crippen molar-refractivity contribution in [1.29, 1.82) is 0 Å². The molecular formula is C10H16N2O4S2. The number of hydrogen-bond donors (Lipinski definition) is 2. The van der Waals surface area contributed by atoms with Crippen LogP contribution in [-0.4, -0.2) is 22.6 Å². The molecule has 0 spiro atoms. The predicted molar refractivity (Wildman–Crippen MR) is 70.4 cm³/mol. The summed E-state index contributed by atoms with van der Waals surface area (Å²) in [5, 5.41) is 5.03. The molecule has 1 aromatic carbocycles. The molecule has 8 heteroatoms. The number of nitrogens with two attached hydrogens (primary N) is 1. The van der Waals surface area contributed by atoms with Crippen LogP contribution in [0.1, 0.15) is 18.1 Å². The lowest BCUT2D eigenvalue weighted by Crippen LogP contribution is -2.17. The van der Waals surface area contributed by atoms with Crippen molar-refractivity contribution < 1.29 is 16.8 Å². The van der Waals surface area contributed by atoms with Crippen LogP contribution < -0.4 is 9.86 Å². The largest absolute Gasteiger partial charge is 0.283 e. The Labute approximate surface area is 107 Å². The Morgan fingerprint density at radius 1 is 1.11 bits per heavy atom.